The van der Waals surface area contributed by atoms with Crippen LogP contribution in [-0.4, -0.2) is 32.8 Å². The molecule has 0 aromatic carbocycles. The summed E-state index contributed by atoms with van der Waals surface area (Å²) in [6, 6.07) is 3.43. The van der Waals surface area contributed by atoms with Crippen LogP contribution in [-0.2, 0) is 0 Å². The summed E-state index contributed by atoms with van der Waals surface area (Å²) in [5.74, 6) is 1.52. The minimum Gasteiger partial charge on any atom is -0.504 e. The first-order valence-corrected chi connectivity index (χ1v) is 5.09. The molecule has 2 aromatic rings. The standard InChI is InChI=1S/C10H12N4O/c15-8-2-1-5-14-9(12-13-10(8)14)7-3-4-11-6-7/h1-2,5,7,11,15H,3-4,6H2. The lowest BCUT2D eigenvalue weighted by Crippen LogP contribution is -2.10. The Morgan fingerprint density at radius 3 is 3.20 bits per heavy atom. The van der Waals surface area contributed by atoms with Gasteiger partial charge in [-0.1, -0.05) is 0 Å². The molecule has 1 fully saturated rings. The number of aromatic nitrogens is 3. The van der Waals surface area contributed by atoms with E-state index >= 15 is 0 Å². The normalized spacial score (nSPS) is 21.2. The first-order chi connectivity index (χ1) is 7.36. The van der Waals surface area contributed by atoms with Gasteiger partial charge in [0.15, 0.2) is 5.75 Å². The van der Waals surface area contributed by atoms with Crippen LogP contribution in [0.25, 0.3) is 5.65 Å². The van der Waals surface area contributed by atoms with Crippen LogP contribution < -0.4 is 5.32 Å². The average Bonchev–Trinajstić information content (AvgIpc) is 2.85. The van der Waals surface area contributed by atoms with E-state index in [4.69, 9.17) is 0 Å². The van der Waals surface area contributed by atoms with E-state index in [2.05, 4.69) is 15.5 Å². The summed E-state index contributed by atoms with van der Waals surface area (Å²) in [4.78, 5) is 0. The summed E-state index contributed by atoms with van der Waals surface area (Å²) in [7, 11) is 0. The van der Waals surface area contributed by atoms with E-state index in [1.807, 2.05) is 10.6 Å². The van der Waals surface area contributed by atoms with E-state index in [1.165, 1.54) is 0 Å². The minimum atomic E-state index is 0.183. The van der Waals surface area contributed by atoms with Crippen LogP contribution in [0.5, 0.6) is 5.75 Å². The molecule has 1 atom stereocenters. The Bertz CT molecular complexity index is 487. The average molecular weight is 204 g/mol. The number of pyridine rings is 1. The maximum Gasteiger partial charge on any atom is 0.203 e. The van der Waals surface area contributed by atoms with Crippen molar-refractivity contribution >= 4 is 5.65 Å². The van der Waals surface area contributed by atoms with Crippen LogP contribution >= 0.6 is 0 Å². The maximum absolute atomic E-state index is 9.59. The predicted molar refractivity (Wildman–Crippen MR) is 54.9 cm³/mol. The molecule has 0 saturated carbocycles. The van der Waals surface area contributed by atoms with Crippen molar-refractivity contribution < 1.29 is 5.11 Å². The molecule has 3 heterocycles. The lowest BCUT2D eigenvalue weighted by atomic mass is 10.1. The van der Waals surface area contributed by atoms with Crippen LogP contribution in [0.2, 0.25) is 0 Å². The summed E-state index contributed by atoms with van der Waals surface area (Å²) in [6.45, 7) is 1.97. The highest BCUT2D eigenvalue weighted by molar-refractivity contribution is 5.52. The fourth-order valence-corrected chi connectivity index (χ4v) is 2.07. The highest BCUT2D eigenvalue weighted by atomic mass is 16.3. The number of fused-ring (bicyclic) bond motifs is 1. The molecule has 1 saturated heterocycles. The van der Waals surface area contributed by atoms with Crippen molar-refractivity contribution in [2.45, 2.75) is 12.3 Å². The third kappa shape index (κ3) is 1.27. The Hall–Kier alpha value is -1.62. The van der Waals surface area contributed by atoms with E-state index in [1.54, 1.807) is 12.1 Å². The molecular weight excluding hydrogens is 192 g/mol. The lowest BCUT2D eigenvalue weighted by molar-refractivity contribution is 0.477. The highest BCUT2D eigenvalue weighted by Crippen LogP contribution is 2.23. The van der Waals surface area contributed by atoms with Gasteiger partial charge in [0, 0.05) is 18.7 Å². The SMILES string of the molecule is Oc1cccn2c(C3CCNC3)nnc12. The largest absolute Gasteiger partial charge is 0.504 e. The van der Waals surface area contributed by atoms with Gasteiger partial charge >= 0.3 is 0 Å². The van der Waals surface area contributed by atoms with Gasteiger partial charge in [-0.3, -0.25) is 4.40 Å². The van der Waals surface area contributed by atoms with Gasteiger partial charge in [-0.15, -0.1) is 10.2 Å². The molecule has 78 valence electrons. The zero-order chi connectivity index (χ0) is 10.3. The topological polar surface area (TPSA) is 62.5 Å². The van der Waals surface area contributed by atoms with Gasteiger partial charge in [-0.25, -0.2) is 0 Å². The monoisotopic (exact) mass is 204 g/mol. The third-order valence-electron chi connectivity index (χ3n) is 2.87. The molecule has 0 bridgehead atoms. The van der Waals surface area contributed by atoms with Crippen molar-refractivity contribution in [2.24, 2.45) is 0 Å². The lowest BCUT2D eigenvalue weighted by Gasteiger charge is -2.05. The number of hydrogen-bond acceptors (Lipinski definition) is 4. The van der Waals surface area contributed by atoms with Crippen molar-refractivity contribution in [3.8, 4) is 5.75 Å². The molecule has 0 spiro atoms. The number of rotatable bonds is 1. The molecule has 0 aliphatic carbocycles. The summed E-state index contributed by atoms with van der Waals surface area (Å²) in [5, 5.41) is 21.0. The Morgan fingerprint density at radius 2 is 2.40 bits per heavy atom. The molecule has 3 rings (SSSR count). The second-order valence-corrected chi connectivity index (χ2v) is 3.83. The molecule has 0 amide bonds. The number of hydrogen-bond donors (Lipinski definition) is 2. The van der Waals surface area contributed by atoms with Gasteiger partial charge in [0.05, 0.1) is 0 Å². The molecule has 5 nitrogen and oxygen atoms in total. The van der Waals surface area contributed by atoms with Gasteiger partial charge in [-0.2, -0.15) is 0 Å². The van der Waals surface area contributed by atoms with E-state index in [0.29, 0.717) is 11.6 Å². The van der Waals surface area contributed by atoms with E-state index in [9.17, 15) is 5.11 Å². The summed E-state index contributed by atoms with van der Waals surface area (Å²) in [6.07, 6.45) is 2.97. The maximum atomic E-state index is 9.59. The molecular formula is C10H12N4O. The fourth-order valence-electron chi connectivity index (χ4n) is 2.07. The Balaban J connectivity index is 2.15. The van der Waals surface area contributed by atoms with Crippen molar-refractivity contribution in [3.05, 3.63) is 24.2 Å². The predicted octanol–water partition coefficient (Wildman–Crippen LogP) is 0.512. The Kier molecular flexibility index (Phi) is 1.85. The van der Waals surface area contributed by atoms with Crippen molar-refractivity contribution in [2.75, 3.05) is 13.1 Å². The van der Waals surface area contributed by atoms with Crippen molar-refractivity contribution in [1.82, 2.24) is 19.9 Å². The summed E-state index contributed by atoms with van der Waals surface area (Å²) < 4.78 is 1.87. The number of nitrogens with one attached hydrogen (secondary N) is 1. The van der Waals surface area contributed by atoms with Crippen LogP contribution in [0.3, 0.4) is 0 Å². The van der Waals surface area contributed by atoms with Crippen LogP contribution in [0.4, 0.5) is 0 Å². The molecule has 1 aliphatic heterocycles. The van der Waals surface area contributed by atoms with Gasteiger partial charge < -0.3 is 10.4 Å². The Morgan fingerprint density at radius 1 is 1.47 bits per heavy atom. The molecule has 2 aromatic heterocycles. The molecule has 0 radical (unpaired) electrons. The smallest absolute Gasteiger partial charge is 0.203 e. The molecule has 5 heteroatoms. The van der Waals surface area contributed by atoms with Crippen LogP contribution in [0.1, 0.15) is 18.2 Å². The highest BCUT2D eigenvalue weighted by Gasteiger charge is 2.22. The Labute approximate surface area is 86.8 Å². The van der Waals surface area contributed by atoms with Crippen LogP contribution in [0.15, 0.2) is 18.3 Å². The first-order valence-electron chi connectivity index (χ1n) is 5.09. The third-order valence-corrected chi connectivity index (χ3v) is 2.87. The molecule has 1 unspecified atom stereocenters. The number of aromatic hydroxyl groups is 1. The summed E-state index contributed by atoms with van der Waals surface area (Å²) in [5.41, 5.74) is 0.541. The quantitative estimate of drug-likeness (QED) is 0.710. The van der Waals surface area contributed by atoms with Crippen LogP contribution in [0, 0.1) is 0 Å². The van der Waals surface area contributed by atoms with Gasteiger partial charge in [-0.05, 0) is 25.1 Å². The van der Waals surface area contributed by atoms with Gasteiger partial charge in [0.2, 0.25) is 5.65 Å². The van der Waals surface area contributed by atoms with Crippen molar-refractivity contribution in [1.29, 1.82) is 0 Å². The zero-order valence-electron chi connectivity index (χ0n) is 8.22. The second-order valence-electron chi connectivity index (χ2n) is 3.83. The molecule has 15 heavy (non-hydrogen) atoms. The molecule has 1 aliphatic rings. The summed E-state index contributed by atoms with van der Waals surface area (Å²) >= 11 is 0. The second kappa shape index (κ2) is 3.20. The fraction of sp³-hybridized carbons (Fsp3) is 0.400. The zero-order valence-corrected chi connectivity index (χ0v) is 8.22. The van der Waals surface area contributed by atoms with Crippen molar-refractivity contribution in [3.63, 3.8) is 0 Å². The van der Waals surface area contributed by atoms with Gasteiger partial charge in [0.25, 0.3) is 0 Å². The van der Waals surface area contributed by atoms with E-state index < -0.39 is 0 Å². The molecule has 2 N–H and O–H groups in total. The van der Waals surface area contributed by atoms with Gasteiger partial charge in [0.1, 0.15) is 5.82 Å². The first kappa shape index (κ1) is 8.67. The van der Waals surface area contributed by atoms with E-state index in [-0.39, 0.29) is 5.75 Å². The number of nitrogens with zero attached hydrogens (tertiary/aromatic N) is 3. The van der Waals surface area contributed by atoms with E-state index in [0.717, 1.165) is 25.3 Å². The minimum absolute atomic E-state index is 0.183.